The van der Waals surface area contributed by atoms with Crippen LogP contribution < -0.4 is 0 Å². The van der Waals surface area contributed by atoms with Crippen LogP contribution in [0, 0.1) is 0 Å². The smallest absolute Gasteiger partial charge is 0.0619 e. The fourth-order valence-corrected chi connectivity index (χ4v) is 1.48. The quantitative estimate of drug-likeness (QED) is 0.604. The summed E-state index contributed by atoms with van der Waals surface area (Å²) in [6, 6.07) is 0.576. The molecule has 1 rings (SSSR count). The van der Waals surface area contributed by atoms with E-state index >= 15 is 0 Å². The summed E-state index contributed by atoms with van der Waals surface area (Å²) in [6.07, 6.45) is 1.09. The second-order valence-electron chi connectivity index (χ2n) is 3.00. The molecule has 1 heterocycles. The van der Waals surface area contributed by atoms with Crippen LogP contribution in [0.2, 0.25) is 0 Å². The van der Waals surface area contributed by atoms with Crippen LogP contribution >= 0.6 is 11.6 Å². The molecule has 1 aliphatic rings. The lowest BCUT2D eigenvalue weighted by Gasteiger charge is -2.32. The van der Waals surface area contributed by atoms with E-state index in [1.54, 1.807) is 0 Å². The minimum absolute atomic E-state index is 0.576. The Morgan fingerprint density at radius 3 is 3.09 bits per heavy atom. The Kier molecular flexibility index (Phi) is 4.20. The third-order valence-corrected chi connectivity index (χ3v) is 2.35. The Balaban J connectivity index is 2.18. The molecule has 0 aromatic heterocycles. The Morgan fingerprint density at radius 2 is 2.45 bits per heavy atom. The van der Waals surface area contributed by atoms with Crippen molar-refractivity contribution in [1.29, 1.82) is 0 Å². The van der Waals surface area contributed by atoms with Crippen molar-refractivity contribution in [2.24, 2.45) is 0 Å². The van der Waals surface area contributed by atoms with E-state index in [1.165, 1.54) is 0 Å². The molecule has 0 radical (unpaired) electrons. The maximum atomic E-state index is 5.61. The topological polar surface area (TPSA) is 12.5 Å². The average molecular weight is 178 g/mol. The Hall–Kier alpha value is 0.210. The molecule has 0 N–H and O–H groups in total. The maximum absolute atomic E-state index is 5.61. The fraction of sp³-hybridized carbons (Fsp3) is 1.00. The molecular formula is C8H16ClNO. The number of halogens is 1. The molecular weight excluding hydrogens is 162 g/mol. The van der Waals surface area contributed by atoms with Crippen molar-refractivity contribution in [2.45, 2.75) is 19.4 Å². The Labute approximate surface area is 73.5 Å². The van der Waals surface area contributed by atoms with Crippen LogP contribution in [0.4, 0.5) is 0 Å². The third kappa shape index (κ3) is 2.97. The van der Waals surface area contributed by atoms with Crippen molar-refractivity contribution >= 4 is 11.6 Å². The predicted molar refractivity (Wildman–Crippen MR) is 47.2 cm³/mol. The van der Waals surface area contributed by atoms with Gasteiger partial charge in [0.05, 0.1) is 13.2 Å². The lowest BCUT2D eigenvalue weighted by atomic mass is 10.2. The standard InChI is InChI=1S/C8H16ClNO/c1-8-7-11-6-5-10(8)4-2-3-9/h8H,2-7H2,1H3. The van der Waals surface area contributed by atoms with Crippen LogP contribution in [0.1, 0.15) is 13.3 Å². The summed E-state index contributed by atoms with van der Waals surface area (Å²) in [4.78, 5) is 2.44. The normalized spacial score (nSPS) is 27.3. The number of ether oxygens (including phenoxy) is 1. The minimum Gasteiger partial charge on any atom is -0.379 e. The molecule has 1 atom stereocenters. The van der Waals surface area contributed by atoms with Gasteiger partial charge in [-0.05, 0) is 19.9 Å². The monoisotopic (exact) mass is 177 g/mol. The van der Waals surface area contributed by atoms with Gasteiger partial charge in [0, 0.05) is 18.5 Å². The summed E-state index contributed by atoms with van der Waals surface area (Å²) in [7, 11) is 0. The van der Waals surface area contributed by atoms with Gasteiger partial charge in [0.1, 0.15) is 0 Å². The van der Waals surface area contributed by atoms with Crippen LogP contribution in [-0.2, 0) is 4.74 Å². The highest BCUT2D eigenvalue weighted by molar-refractivity contribution is 6.17. The summed E-state index contributed by atoms with van der Waals surface area (Å²) in [5, 5.41) is 0. The van der Waals surface area contributed by atoms with Crippen molar-refractivity contribution in [1.82, 2.24) is 4.90 Å². The van der Waals surface area contributed by atoms with Gasteiger partial charge in [0.15, 0.2) is 0 Å². The number of rotatable bonds is 3. The summed E-state index contributed by atoms with van der Waals surface area (Å²) in [5.41, 5.74) is 0. The van der Waals surface area contributed by atoms with E-state index in [9.17, 15) is 0 Å². The van der Waals surface area contributed by atoms with Crippen molar-refractivity contribution in [3.63, 3.8) is 0 Å². The van der Waals surface area contributed by atoms with Gasteiger partial charge in [0.2, 0.25) is 0 Å². The van der Waals surface area contributed by atoms with E-state index in [4.69, 9.17) is 16.3 Å². The predicted octanol–water partition coefficient (Wildman–Crippen LogP) is 1.34. The van der Waals surface area contributed by atoms with Gasteiger partial charge < -0.3 is 4.74 Å². The van der Waals surface area contributed by atoms with Crippen LogP contribution in [0.3, 0.4) is 0 Å². The lowest BCUT2D eigenvalue weighted by Crippen LogP contribution is -2.44. The van der Waals surface area contributed by atoms with Gasteiger partial charge >= 0.3 is 0 Å². The lowest BCUT2D eigenvalue weighted by molar-refractivity contribution is 0.00000442. The molecule has 1 aliphatic heterocycles. The third-order valence-electron chi connectivity index (χ3n) is 2.08. The first-order valence-corrected chi connectivity index (χ1v) is 4.76. The SMILES string of the molecule is CC1COCCN1CCCCl. The summed E-state index contributed by atoms with van der Waals surface area (Å²) >= 11 is 5.61. The Bertz CT molecular complexity index is 110. The van der Waals surface area contributed by atoms with E-state index in [2.05, 4.69) is 11.8 Å². The van der Waals surface area contributed by atoms with Gasteiger partial charge in [-0.1, -0.05) is 0 Å². The second-order valence-corrected chi connectivity index (χ2v) is 3.38. The molecule has 0 bridgehead atoms. The van der Waals surface area contributed by atoms with Gasteiger partial charge in [-0.15, -0.1) is 11.6 Å². The van der Waals surface area contributed by atoms with Gasteiger partial charge in [-0.3, -0.25) is 4.90 Å². The molecule has 66 valence electrons. The molecule has 0 aromatic rings. The van der Waals surface area contributed by atoms with Crippen molar-refractivity contribution < 1.29 is 4.74 Å². The maximum Gasteiger partial charge on any atom is 0.0619 e. The molecule has 1 unspecified atom stereocenters. The minimum atomic E-state index is 0.576. The van der Waals surface area contributed by atoms with Gasteiger partial charge in [0.25, 0.3) is 0 Å². The molecule has 2 nitrogen and oxygen atoms in total. The van der Waals surface area contributed by atoms with E-state index in [0.717, 1.165) is 38.6 Å². The highest BCUT2D eigenvalue weighted by Gasteiger charge is 2.17. The van der Waals surface area contributed by atoms with Crippen LogP contribution in [0.25, 0.3) is 0 Å². The highest BCUT2D eigenvalue weighted by Crippen LogP contribution is 2.06. The molecule has 3 heteroatoms. The van der Waals surface area contributed by atoms with E-state index in [0.29, 0.717) is 6.04 Å². The molecule has 0 aromatic carbocycles. The van der Waals surface area contributed by atoms with Gasteiger partial charge in [-0.25, -0.2) is 0 Å². The zero-order valence-electron chi connectivity index (χ0n) is 7.05. The number of hydrogen-bond acceptors (Lipinski definition) is 2. The zero-order valence-corrected chi connectivity index (χ0v) is 7.81. The van der Waals surface area contributed by atoms with Crippen LogP contribution in [0.15, 0.2) is 0 Å². The van der Waals surface area contributed by atoms with E-state index in [1.807, 2.05) is 0 Å². The van der Waals surface area contributed by atoms with Crippen molar-refractivity contribution in [3.05, 3.63) is 0 Å². The largest absolute Gasteiger partial charge is 0.379 e. The van der Waals surface area contributed by atoms with Gasteiger partial charge in [-0.2, -0.15) is 0 Å². The van der Waals surface area contributed by atoms with Crippen molar-refractivity contribution in [3.8, 4) is 0 Å². The molecule has 1 fully saturated rings. The summed E-state index contributed by atoms with van der Waals surface area (Å²) in [5.74, 6) is 0.768. The molecule has 0 aliphatic carbocycles. The fourth-order valence-electron chi connectivity index (χ4n) is 1.36. The Morgan fingerprint density at radius 1 is 1.64 bits per heavy atom. The number of hydrogen-bond donors (Lipinski definition) is 0. The first-order valence-electron chi connectivity index (χ1n) is 4.22. The van der Waals surface area contributed by atoms with Crippen LogP contribution in [0.5, 0.6) is 0 Å². The second kappa shape index (κ2) is 4.96. The number of morpholine rings is 1. The molecule has 0 amide bonds. The number of nitrogens with zero attached hydrogens (tertiary/aromatic N) is 1. The molecule has 0 spiro atoms. The molecule has 0 saturated carbocycles. The van der Waals surface area contributed by atoms with Crippen molar-refractivity contribution in [2.75, 3.05) is 32.2 Å². The van der Waals surface area contributed by atoms with E-state index in [-0.39, 0.29) is 0 Å². The average Bonchev–Trinajstić information content (AvgIpc) is 2.03. The zero-order chi connectivity index (χ0) is 8.10. The first-order chi connectivity index (χ1) is 5.34. The highest BCUT2D eigenvalue weighted by atomic mass is 35.5. The van der Waals surface area contributed by atoms with Crippen LogP contribution in [-0.4, -0.2) is 43.1 Å². The summed E-state index contributed by atoms with van der Waals surface area (Å²) in [6.45, 7) is 6.15. The van der Waals surface area contributed by atoms with E-state index < -0.39 is 0 Å². The molecule has 11 heavy (non-hydrogen) atoms. The summed E-state index contributed by atoms with van der Waals surface area (Å²) < 4.78 is 5.32. The molecule has 1 saturated heterocycles. The number of alkyl halides is 1. The first kappa shape index (κ1) is 9.30.